The van der Waals surface area contributed by atoms with Crippen molar-refractivity contribution in [3.05, 3.63) is 54.0 Å². The number of furan rings is 1. The molecule has 7 nitrogen and oxygen atoms in total. The lowest BCUT2D eigenvalue weighted by molar-refractivity contribution is -0.0160. The summed E-state index contributed by atoms with van der Waals surface area (Å²) < 4.78 is 34.0. The second-order valence-electron chi connectivity index (χ2n) is 10.1. The van der Waals surface area contributed by atoms with Gasteiger partial charge in [0.25, 0.3) is 0 Å². The molecule has 0 saturated heterocycles. The minimum absolute atomic E-state index is 0.0674. The average Bonchev–Trinajstić information content (AvgIpc) is 3.26. The van der Waals surface area contributed by atoms with Crippen LogP contribution in [0.4, 0.5) is 4.79 Å². The van der Waals surface area contributed by atoms with E-state index in [-0.39, 0.29) is 23.1 Å². The van der Waals surface area contributed by atoms with Crippen molar-refractivity contribution in [3.63, 3.8) is 0 Å². The predicted molar refractivity (Wildman–Crippen MR) is 124 cm³/mol. The molecule has 8 heteroatoms. The van der Waals surface area contributed by atoms with Crippen LogP contribution in [0.15, 0.2) is 47.1 Å². The zero-order valence-corrected chi connectivity index (χ0v) is 19.9. The summed E-state index contributed by atoms with van der Waals surface area (Å²) in [6.45, 7) is 2.30. The minimum atomic E-state index is -3.57. The first-order valence-corrected chi connectivity index (χ1v) is 13.5. The first-order valence-electron chi connectivity index (χ1n) is 11.9. The van der Waals surface area contributed by atoms with Gasteiger partial charge in [0.15, 0.2) is 0 Å². The van der Waals surface area contributed by atoms with E-state index in [2.05, 4.69) is 5.32 Å². The molecule has 6 rings (SSSR count). The lowest BCUT2D eigenvalue weighted by atomic mass is 9.53. The zero-order chi connectivity index (χ0) is 23.1. The van der Waals surface area contributed by atoms with Crippen molar-refractivity contribution in [2.75, 3.05) is 5.75 Å². The summed E-state index contributed by atoms with van der Waals surface area (Å²) in [6.07, 6.45) is 8.88. The van der Waals surface area contributed by atoms with Crippen LogP contribution in [0.5, 0.6) is 5.75 Å². The molecule has 4 aliphatic carbocycles. The topological polar surface area (TPSA) is 88.9 Å². The third kappa shape index (κ3) is 5.05. The van der Waals surface area contributed by atoms with Crippen LogP contribution in [0.1, 0.15) is 56.8 Å². The number of amides is 2. The minimum Gasteiger partial charge on any atom is -0.467 e. The number of nitrogens with one attached hydrogen (secondary N) is 1. The van der Waals surface area contributed by atoms with Crippen LogP contribution < -0.4 is 9.50 Å². The van der Waals surface area contributed by atoms with Crippen molar-refractivity contribution < 1.29 is 21.8 Å². The Kier molecular flexibility index (Phi) is 5.89. The van der Waals surface area contributed by atoms with Gasteiger partial charge in [-0.3, -0.25) is 0 Å². The molecular weight excluding hydrogens is 440 g/mol. The van der Waals surface area contributed by atoms with E-state index in [0.29, 0.717) is 13.1 Å². The molecule has 1 aromatic carbocycles. The third-order valence-electron chi connectivity index (χ3n) is 7.50. The molecule has 4 bridgehead atoms. The molecule has 33 heavy (non-hydrogen) atoms. The van der Waals surface area contributed by atoms with Crippen LogP contribution in [0.25, 0.3) is 0 Å². The Morgan fingerprint density at radius 3 is 2.24 bits per heavy atom. The number of benzene rings is 1. The van der Waals surface area contributed by atoms with Gasteiger partial charge in [0, 0.05) is 12.1 Å². The highest BCUT2D eigenvalue weighted by Gasteiger charge is 2.51. The highest BCUT2D eigenvalue weighted by molar-refractivity contribution is 7.87. The smallest absolute Gasteiger partial charge is 0.318 e. The van der Waals surface area contributed by atoms with E-state index in [4.69, 9.17) is 8.60 Å². The van der Waals surface area contributed by atoms with Gasteiger partial charge in [-0.25, -0.2) is 4.79 Å². The van der Waals surface area contributed by atoms with Gasteiger partial charge < -0.3 is 18.8 Å². The maximum absolute atomic E-state index is 13.5. The Balaban J connectivity index is 1.30. The number of rotatable bonds is 8. The Morgan fingerprint density at radius 2 is 1.70 bits per heavy atom. The predicted octanol–water partition coefficient (Wildman–Crippen LogP) is 4.69. The van der Waals surface area contributed by atoms with Gasteiger partial charge in [-0.15, -0.1) is 0 Å². The quantitative estimate of drug-likeness (QED) is 0.563. The largest absolute Gasteiger partial charge is 0.467 e. The third-order valence-corrected chi connectivity index (χ3v) is 8.65. The molecule has 0 spiro atoms. The molecule has 0 aliphatic heterocycles. The van der Waals surface area contributed by atoms with Gasteiger partial charge >= 0.3 is 16.1 Å². The second-order valence-corrected chi connectivity index (χ2v) is 12.0. The highest BCUT2D eigenvalue weighted by atomic mass is 32.2. The summed E-state index contributed by atoms with van der Waals surface area (Å²) in [5.41, 5.74) is 0.822. The molecule has 2 aromatic rings. The van der Waals surface area contributed by atoms with Crippen molar-refractivity contribution in [1.82, 2.24) is 10.2 Å². The number of carbonyl (C=O) groups excluding carboxylic acids is 1. The van der Waals surface area contributed by atoms with Crippen molar-refractivity contribution in [2.24, 2.45) is 17.8 Å². The number of carbonyl (C=O) groups is 1. The van der Waals surface area contributed by atoms with Gasteiger partial charge in [0.1, 0.15) is 11.5 Å². The summed E-state index contributed by atoms with van der Waals surface area (Å²) in [5, 5.41) is 3.45. The number of nitrogens with zero attached hydrogens (tertiary/aromatic N) is 1. The van der Waals surface area contributed by atoms with Crippen LogP contribution in [-0.2, 0) is 23.2 Å². The first kappa shape index (κ1) is 22.3. The van der Waals surface area contributed by atoms with Crippen LogP contribution >= 0.6 is 0 Å². The van der Waals surface area contributed by atoms with E-state index in [1.165, 1.54) is 19.3 Å². The van der Waals surface area contributed by atoms with E-state index >= 15 is 0 Å². The summed E-state index contributed by atoms with van der Waals surface area (Å²) in [6, 6.07) is 10.5. The Bertz CT molecular complexity index is 1040. The standard InChI is InChI=1S/C25H32N2O5S/c1-2-33(29,30)32-22-7-5-18(6-8-22)16-27(17-23-4-3-9-31-23)24(28)26-25-13-19-10-20(14-25)12-21(11-19)15-25/h3-9,19-21H,2,10-17H2,1H3,(H,26,28). The Morgan fingerprint density at radius 1 is 1.06 bits per heavy atom. The number of hydrogen-bond acceptors (Lipinski definition) is 5. The fourth-order valence-corrected chi connectivity index (χ4v) is 6.96. The molecule has 1 N–H and O–H groups in total. The molecule has 0 radical (unpaired) electrons. The van der Waals surface area contributed by atoms with Crippen molar-refractivity contribution in [2.45, 2.75) is 64.1 Å². The molecule has 4 aliphatic rings. The second kappa shape index (κ2) is 8.70. The van der Waals surface area contributed by atoms with E-state index in [9.17, 15) is 13.2 Å². The van der Waals surface area contributed by atoms with Crippen LogP contribution in [0.3, 0.4) is 0 Å². The molecule has 4 saturated carbocycles. The van der Waals surface area contributed by atoms with Gasteiger partial charge in [0.05, 0.1) is 18.6 Å². The number of urea groups is 1. The molecule has 0 unspecified atom stereocenters. The van der Waals surface area contributed by atoms with E-state index in [1.807, 2.05) is 12.1 Å². The van der Waals surface area contributed by atoms with Gasteiger partial charge in [-0.2, -0.15) is 8.42 Å². The summed E-state index contributed by atoms with van der Waals surface area (Å²) in [4.78, 5) is 15.3. The highest BCUT2D eigenvalue weighted by Crippen LogP contribution is 2.55. The fraction of sp³-hybridized carbons (Fsp3) is 0.560. The molecule has 2 amide bonds. The maximum Gasteiger partial charge on any atom is 0.318 e. The van der Waals surface area contributed by atoms with E-state index in [1.54, 1.807) is 42.4 Å². The first-order chi connectivity index (χ1) is 15.8. The monoisotopic (exact) mass is 472 g/mol. The molecular formula is C25H32N2O5S. The van der Waals surface area contributed by atoms with Crippen molar-refractivity contribution >= 4 is 16.1 Å². The molecule has 0 atom stereocenters. The normalized spacial score (nSPS) is 28.0. The Labute approximate surface area is 195 Å². The molecule has 4 fully saturated rings. The van der Waals surface area contributed by atoms with Crippen LogP contribution in [0, 0.1) is 17.8 Å². The lowest BCUT2D eigenvalue weighted by Crippen LogP contribution is -2.61. The van der Waals surface area contributed by atoms with E-state index < -0.39 is 10.1 Å². The molecule has 178 valence electrons. The average molecular weight is 473 g/mol. The maximum atomic E-state index is 13.5. The SMILES string of the molecule is CCS(=O)(=O)Oc1ccc(CN(Cc2ccco2)C(=O)NC23CC4CC(CC(C4)C2)C3)cc1. The molecule has 1 heterocycles. The van der Waals surface area contributed by atoms with Crippen molar-refractivity contribution in [3.8, 4) is 5.75 Å². The van der Waals surface area contributed by atoms with Gasteiger partial charge in [-0.05, 0) is 93.0 Å². The molecule has 1 aromatic heterocycles. The summed E-state index contributed by atoms with van der Waals surface area (Å²) >= 11 is 0. The summed E-state index contributed by atoms with van der Waals surface area (Å²) in [7, 11) is -3.57. The summed E-state index contributed by atoms with van der Waals surface area (Å²) in [5.74, 6) is 3.17. The lowest BCUT2D eigenvalue weighted by Gasteiger charge is -2.57. The number of hydrogen-bond donors (Lipinski definition) is 1. The van der Waals surface area contributed by atoms with Crippen molar-refractivity contribution in [1.29, 1.82) is 0 Å². The Hall–Kier alpha value is -2.48. The van der Waals surface area contributed by atoms with Crippen LogP contribution in [-0.4, -0.2) is 30.6 Å². The van der Waals surface area contributed by atoms with Gasteiger partial charge in [-0.1, -0.05) is 12.1 Å². The van der Waals surface area contributed by atoms with Crippen LogP contribution in [0.2, 0.25) is 0 Å². The van der Waals surface area contributed by atoms with E-state index in [0.717, 1.165) is 48.3 Å². The fourth-order valence-electron chi connectivity index (χ4n) is 6.44. The van der Waals surface area contributed by atoms with Gasteiger partial charge in [0.2, 0.25) is 0 Å². The zero-order valence-electron chi connectivity index (χ0n) is 19.0.